The van der Waals surface area contributed by atoms with Crippen LogP contribution in [0.4, 0.5) is 0 Å². The maximum Gasteiger partial charge on any atom is 2.00 e. The molecule has 0 unspecified atom stereocenters. The summed E-state index contributed by atoms with van der Waals surface area (Å²) in [5.74, 6) is 2.50. The largest absolute Gasteiger partial charge is 2.00 e. The van der Waals surface area contributed by atoms with Crippen molar-refractivity contribution in [1.82, 2.24) is 19.3 Å². The number of ether oxygens (including phenoxy) is 1. The molecule has 5 nitrogen and oxygen atoms in total. The summed E-state index contributed by atoms with van der Waals surface area (Å²) in [6, 6.07) is 38.5. The molecule has 0 radical (unpaired) electrons. The van der Waals surface area contributed by atoms with Gasteiger partial charge in [-0.15, -0.1) is 35.7 Å². The molecule has 7 aromatic rings. The summed E-state index contributed by atoms with van der Waals surface area (Å²) < 4.78 is 10.6. The molecular weight excluding hydrogens is 760 g/mol. The molecule has 0 aliphatic carbocycles. The van der Waals surface area contributed by atoms with Crippen LogP contribution < -0.4 is 4.74 Å². The molecule has 3 heterocycles. The fourth-order valence-corrected chi connectivity index (χ4v) is 6.24. The minimum atomic E-state index is -0.00652. The summed E-state index contributed by atoms with van der Waals surface area (Å²) in [6.07, 6.45) is 1.90. The Morgan fingerprint density at radius 1 is 0.787 bits per heavy atom. The molecule has 4 aromatic carbocycles. The van der Waals surface area contributed by atoms with Crippen molar-refractivity contribution in [2.45, 2.75) is 59.8 Å². The van der Waals surface area contributed by atoms with E-state index in [1.165, 1.54) is 16.5 Å². The zero-order valence-corrected chi connectivity index (χ0v) is 30.1. The van der Waals surface area contributed by atoms with Crippen molar-refractivity contribution in [2.24, 2.45) is 0 Å². The SMILES string of the molecule is Cc1nn(-c2[c-]c(Oc3[c-]c4c(cc3)c3cc(C(C)C)ccc3n4-c3cc(C(C)(C)C)ccn3)ccc2)c(C)c1-c1ccccc1.[Pt+2]. The molecule has 0 saturated heterocycles. The first-order chi connectivity index (χ1) is 22.1. The fourth-order valence-electron chi connectivity index (χ4n) is 6.24. The van der Waals surface area contributed by atoms with Crippen molar-refractivity contribution in [3.05, 3.63) is 132 Å². The third-order valence-electron chi connectivity index (χ3n) is 8.74. The number of hydrogen-bond acceptors (Lipinski definition) is 3. The van der Waals surface area contributed by atoms with Crippen LogP contribution >= 0.6 is 0 Å². The average Bonchev–Trinajstić information content (AvgIpc) is 3.53. The van der Waals surface area contributed by atoms with Crippen LogP contribution in [0.15, 0.2) is 97.2 Å². The Hall–Kier alpha value is -4.47. The van der Waals surface area contributed by atoms with Gasteiger partial charge in [0.1, 0.15) is 5.82 Å². The molecule has 0 fully saturated rings. The van der Waals surface area contributed by atoms with Crippen LogP contribution in [0, 0.1) is 26.0 Å². The van der Waals surface area contributed by atoms with Gasteiger partial charge in [-0.25, -0.2) is 4.98 Å². The van der Waals surface area contributed by atoms with Crippen LogP contribution in [0.1, 0.15) is 63.1 Å². The van der Waals surface area contributed by atoms with Gasteiger partial charge >= 0.3 is 21.1 Å². The molecule has 47 heavy (non-hydrogen) atoms. The van der Waals surface area contributed by atoms with Gasteiger partial charge in [0.05, 0.1) is 5.69 Å². The molecule has 0 bridgehead atoms. The summed E-state index contributed by atoms with van der Waals surface area (Å²) in [5, 5.41) is 7.16. The van der Waals surface area contributed by atoms with Crippen LogP contribution in [0.5, 0.6) is 11.5 Å². The zero-order valence-electron chi connectivity index (χ0n) is 27.8. The predicted molar refractivity (Wildman–Crippen MR) is 188 cm³/mol. The number of aromatic nitrogens is 4. The number of benzene rings is 4. The van der Waals surface area contributed by atoms with Crippen LogP contribution in [0.2, 0.25) is 0 Å². The van der Waals surface area contributed by atoms with E-state index < -0.39 is 0 Å². The second-order valence-electron chi connectivity index (χ2n) is 13.3. The van der Waals surface area contributed by atoms with Crippen LogP contribution in [0.3, 0.4) is 0 Å². The number of pyridine rings is 1. The van der Waals surface area contributed by atoms with Crippen LogP contribution in [-0.4, -0.2) is 19.3 Å². The van der Waals surface area contributed by atoms with E-state index in [0.29, 0.717) is 17.4 Å². The normalized spacial score (nSPS) is 11.7. The van der Waals surface area contributed by atoms with Gasteiger partial charge in [0.25, 0.3) is 0 Å². The number of rotatable bonds is 6. The van der Waals surface area contributed by atoms with E-state index in [1.807, 2.05) is 48.1 Å². The molecule has 0 aliphatic rings. The molecule has 3 aromatic heterocycles. The summed E-state index contributed by atoms with van der Waals surface area (Å²) in [7, 11) is 0. The Labute approximate surface area is 291 Å². The molecule has 7 rings (SSSR count). The Kier molecular flexibility index (Phi) is 8.72. The summed E-state index contributed by atoms with van der Waals surface area (Å²) in [6.45, 7) is 15.3. The topological polar surface area (TPSA) is 44.9 Å². The molecule has 0 N–H and O–H groups in total. The van der Waals surface area contributed by atoms with Gasteiger partial charge in [-0.3, -0.25) is 4.68 Å². The van der Waals surface area contributed by atoms with Gasteiger partial charge in [0.2, 0.25) is 0 Å². The maximum atomic E-state index is 6.45. The second-order valence-corrected chi connectivity index (χ2v) is 13.3. The van der Waals surface area contributed by atoms with Crippen molar-refractivity contribution < 1.29 is 25.8 Å². The predicted octanol–water partition coefficient (Wildman–Crippen LogP) is 10.5. The van der Waals surface area contributed by atoms with E-state index in [0.717, 1.165) is 50.4 Å². The smallest absolute Gasteiger partial charge is 0.509 e. The van der Waals surface area contributed by atoms with Gasteiger partial charge in [-0.2, -0.15) is 17.2 Å². The Bertz CT molecular complexity index is 2220. The van der Waals surface area contributed by atoms with Gasteiger partial charge in [-0.1, -0.05) is 82.6 Å². The average molecular weight is 798 g/mol. The standard InChI is InChI=1S/C41H38N4O.Pt/c1-26(2)30-16-19-37-36(22-30)35-18-17-34(25-38(35)44(37)39-23-31(20-21-42-39)41(5,6)7)46-33-15-11-14-32(24-33)45-28(4)40(27(3)43-45)29-12-9-8-10-13-29;/h8-23,26H,1-7H3;/q-2;+2. The molecular formula is C41H38N4OPt. The van der Waals surface area contributed by atoms with E-state index in [9.17, 15) is 0 Å². The van der Waals surface area contributed by atoms with E-state index >= 15 is 0 Å². The number of nitrogens with zero attached hydrogens (tertiary/aromatic N) is 4. The number of fused-ring (bicyclic) bond motifs is 3. The Balaban J connectivity index is 0.00000386. The third kappa shape index (κ3) is 6.05. The summed E-state index contributed by atoms with van der Waals surface area (Å²) in [5.41, 5.74) is 9.67. The zero-order chi connectivity index (χ0) is 32.2. The van der Waals surface area contributed by atoms with Crippen LogP contribution in [0.25, 0.3) is 44.4 Å². The monoisotopic (exact) mass is 797 g/mol. The maximum absolute atomic E-state index is 6.45. The van der Waals surface area contributed by atoms with Gasteiger partial charge in [0.15, 0.2) is 0 Å². The summed E-state index contributed by atoms with van der Waals surface area (Å²) >= 11 is 0. The molecule has 0 spiro atoms. The Morgan fingerprint density at radius 2 is 1.55 bits per heavy atom. The number of aryl methyl sites for hydroxylation is 1. The van der Waals surface area contributed by atoms with E-state index in [1.54, 1.807) is 0 Å². The van der Waals surface area contributed by atoms with Gasteiger partial charge in [0, 0.05) is 34.5 Å². The van der Waals surface area contributed by atoms with Gasteiger partial charge in [-0.05, 0) is 71.1 Å². The van der Waals surface area contributed by atoms with Crippen molar-refractivity contribution in [2.75, 3.05) is 0 Å². The van der Waals surface area contributed by atoms with Crippen molar-refractivity contribution in [3.63, 3.8) is 0 Å². The van der Waals surface area contributed by atoms with E-state index in [4.69, 9.17) is 14.8 Å². The van der Waals surface area contributed by atoms with E-state index in [2.05, 4.69) is 119 Å². The first-order valence-corrected chi connectivity index (χ1v) is 15.9. The minimum absolute atomic E-state index is 0. The molecule has 0 aliphatic heterocycles. The van der Waals surface area contributed by atoms with Crippen LogP contribution in [-0.2, 0) is 26.5 Å². The van der Waals surface area contributed by atoms with E-state index in [-0.39, 0.29) is 26.5 Å². The molecule has 238 valence electrons. The molecule has 0 saturated carbocycles. The Morgan fingerprint density at radius 3 is 2.30 bits per heavy atom. The molecule has 0 amide bonds. The first kappa shape index (κ1) is 32.5. The third-order valence-corrected chi connectivity index (χ3v) is 8.74. The quantitative estimate of drug-likeness (QED) is 0.158. The van der Waals surface area contributed by atoms with Crippen molar-refractivity contribution in [1.29, 1.82) is 0 Å². The summed E-state index contributed by atoms with van der Waals surface area (Å²) in [4.78, 5) is 4.84. The second kappa shape index (κ2) is 12.6. The van der Waals surface area contributed by atoms with Crippen molar-refractivity contribution >= 4 is 21.8 Å². The number of hydrogen-bond donors (Lipinski definition) is 0. The minimum Gasteiger partial charge on any atom is -0.509 e. The van der Waals surface area contributed by atoms with Gasteiger partial charge < -0.3 is 9.30 Å². The molecule has 0 atom stereocenters. The van der Waals surface area contributed by atoms with Crippen molar-refractivity contribution in [3.8, 4) is 34.1 Å². The molecule has 6 heteroatoms. The fraction of sp³-hybridized carbons (Fsp3) is 0.220. The first-order valence-electron chi connectivity index (χ1n) is 15.9.